The van der Waals surface area contributed by atoms with Crippen LogP contribution in [0.15, 0.2) is 48.5 Å². The first-order chi connectivity index (χ1) is 16.9. The number of carboxylic acid groups (broad SMARTS) is 1. The second-order valence-electron chi connectivity index (χ2n) is 9.81. The predicted molar refractivity (Wildman–Crippen MR) is 133 cm³/mol. The predicted octanol–water partition coefficient (Wildman–Crippen LogP) is 4.70. The Hall–Kier alpha value is -3.35. The first-order valence-electron chi connectivity index (χ1n) is 12.5. The summed E-state index contributed by atoms with van der Waals surface area (Å²) in [5, 5.41) is 14.7. The van der Waals surface area contributed by atoms with Gasteiger partial charge in [0.15, 0.2) is 0 Å². The van der Waals surface area contributed by atoms with Gasteiger partial charge in [-0.25, -0.2) is 4.79 Å². The fraction of sp³-hybridized carbons (Fsp3) is 0.464. The van der Waals surface area contributed by atoms with Crippen LogP contribution in [0, 0.1) is 11.8 Å². The summed E-state index contributed by atoms with van der Waals surface area (Å²) >= 11 is 0. The van der Waals surface area contributed by atoms with Gasteiger partial charge in [0.1, 0.15) is 6.61 Å². The van der Waals surface area contributed by atoms with Gasteiger partial charge in [-0.05, 0) is 53.4 Å². The fourth-order valence-electron chi connectivity index (χ4n) is 5.10. The maximum Gasteiger partial charge on any atom is 0.407 e. The van der Waals surface area contributed by atoms with Crippen LogP contribution in [0.2, 0.25) is 0 Å². The lowest BCUT2D eigenvalue weighted by molar-refractivity contribution is -0.138. The topological polar surface area (TPSA) is 105 Å². The molecule has 3 N–H and O–H groups in total. The standard InChI is InChI=1S/C28H34N2O5/c1-18(15-27(32)33)13-14-29-26(31)16-25(19-7-6-8-19)30-28(34)35-17-24-22-11-4-2-9-20(22)21-10-3-5-12-23(21)24/h2-5,9-12,18-19,24-25H,6-8,13-17H2,1H3,(H,29,31)(H,30,34)(H,32,33). The van der Waals surface area contributed by atoms with Crippen LogP contribution >= 0.6 is 0 Å². The highest BCUT2D eigenvalue weighted by atomic mass is 16.5. The number of amides is 2. The molecule has 0 spiro atoms. The molecule has 0 aromatic heterocycles. The molecule has 2 aromatic rings. The molecule has 35 heavy (non-hydrogen) atoms. The number of aliphatic carboxylic acids is 1. The van der Waals surface area contributed by atoms with E-state index in [9.17, 15) is 14.4 Å². The molecule has 0 radical (unpaired) electrons. The van der Waals surface area contributed by atoms with Gasteiger partial charge in [-0.15, -0.1) is 0 Å². The van der Waals surface area contributed by atoms with Gasteiger partial charge in [0.05, 0.1) is 0 Å². The lowest BCUT2D eigenvalue weighted by atomic mass is 9.78. The Bertz CT molecular complexity index is 1020. The van der Waals surface area contributed by atoms with E-state index in [4.69, 9.17) is 9.84 Å². The van der Waals surface area contributed by atoms with Crippen molar-refractivity contribution >= 4 is 18.0 Å². The Labute approximate surface area is 206 Å². The molecule has 1 fully saturated rings. The van der Waals surface area contributed by atoms with Crippen LogP contribution in [0.25, 0.3) is 11.1 Å². The molecule has 0 aliphatic heterocycles. The van der Waals surface area contributed by atoms with Gasteiger partial charge in [-0.1, -0.05) is 61.9 Å². The summed E-state index contributed by atoms with van der Waals surface area (Å²) in [4.78, 5) is 36.0. The Balaban J connectivity index is 1.29. The van der Waals surface area contributed by atoms with Crippen molar-refractivity contribution in [3.8, 4) is 11.1 Å². The number of carbonyl (C=O) groups excluding carboxylic acids is 2. The van der Waals surface area contributed by atoms with Gasteiger partial charge in [-0.3, -0.25) is 9.59 Å². The Morgan fingerprint density at radius 3 is 2.20 bits per heavy atom. The number of carboxylic acids is 1. The molecule has 0 heterocycles. The third kappa shape index (κ3) is 6.21. The van der Waals surface area contributed by atoms with Crippen LogP contribution in [0.1, 0.15) is 62.5 Å². The van der Waals surface area contributed by atoms with E-state index in [1.807, 2.05) is 31.2 Å². The zero-order chi connectivity index (χ0) is 24.8. The lowest BCUT2D eigenvalue weighted by Gasteiger charge is -2.33. The van der Waals surface area contributed by atoms with E-state index in [1.165, 1.54) is 11.1 Å². The molecule has 2 unspecified atom stereocenters. The SMILES string of the molecule is CC(CCNC(=O)CC(NC(=O)OCC1c2ccccc2-c2ccccc21)C1CCC1)CC(=O)O. The average Bonchev–Trinajstić information content (AvgIpc) is 3.10. The van der Waals surface area contributed by atoms with Gasteiger partial charge in [0, 0.05) is 31.3 Å². The van der Waals surface area contributed by atoms with Crippen LogP contribution in [-0.2, 0) is 14.3 Å². The number of hydrogen-bond donors (Lipinski definition) is 3. The van der Waals surface area contributed by atoms with Crippen molar-refractivity contribution in [3.05, 3.63) is 59.7 Å². The number of carbonyl (C=O) groups is 3. The minimum atomic E-state index is -0.832. The Morgan fingerprint density at radius 2 is 1.63 bits per heavy atom. The number of hydrogen-bond acceptors (Lipinski definition) is 4. The molecular formula is C28H34N2O5. The van der Waals surface area contributed by atoms with Gasteiger partial charge >= 0.3 is 12.1 Å². The molecule has 2 aliphatic rings. The Kier molecular flexibility index (Phi) is 8.06. The molecule has 0 bridgehead atoms. The molecule has 4 rings (SSSR count). The van der Waals surface area contributed by atoms with Crippen molar-refractivity contribution in [2.24, 2.45) is 11.8 Å². The number of ether oxygens (including phenoxy) is 1. The summed E-state index contributed by atoms with van der Waals surface area (Å²) < 4.78 is 5.68. The summed E-state index contributed by atoms with van der Waals surface area (Å²) in [6.45, 7) is 2.52. The molecule has 2 aliphatic carbocycles. The third-order valence-electron chi connectivity index (χ3n) is 7.25. The minimum Gasteiger partial charge on any atom is -0.481 e. The van der Waals surface area contributed by atoms with Crippen molar-refractivity contribution < 1.29 is 24.2 Å². The molecular weight excluding hydrogens is 444 g/mol. The van der Waals surface area contributed by atoms with Crippen LogP contribution in [-0.4, -0.2) is 42.3 Å². The van der Waals surface area contributed by atoms with Crippen molar-refractivity contribution in [1.82, 2.24) is 10.6 Å². The number of nitrogens with one attached hydrogen (secondary N) is 2. The van der Waals surface area contributed by atoms with Crippen molar-refractivity contribution in [1.29, 1.82) is 0 Å². The normalized spacial score (nSPS) is 16.4. The summed E-state index contributed by atoms with van der Waals surface area (Å²) in [6, 6.07) is 16.1. The van der Waals surface area contributed by atoms with Gasteiger partial charge in [0.25, 0.3) is 0 Å². The van der Waals surface area contributed by atoms with Crippen LogP contribution in [0.5, 0.6) is 0 Å². The van der Waals surface area contributed by atoms with E-state index in [0.29, 0.717) is 13.0 Å². The van der Waals surface area contributed by atoms with Crippen LogP contribution in [0.3, 0.4) is 0 Å². The van der Waals surface area contributed by atoms with Crippen molar-refractivity contribution in [2.75, 3.05) is 13.2 Å². The monoisotopic (exact) mass is 478 g/mol. The van der Waals surface area contributed by atoms with E-state index in [1.54, 1.807) is 0 Å². The maximum absolute atomic E-state index is 12.7. The lowest BCUT2D eigenvalue weighted by Crippen LogP contribution is -2.46. The molecule has 0 saturated heterocycles. The van der Waals surface area contributed by atoms with E-state index >= 15 is 0 Å². The molecule has 2 amide bonds. The largest absolute Gasteiger partial charge is 0.481 e. The zero-order valence-electron chi connectivity index (χ0n) is 20.2. The third-order valence-corrected chi connectivity index (χ3v) is 7.25. The van der Waals surface area contributed by atoms with Crippen LogP contribution in [0.4, 0.5) is 4.79 Å². The highest BCUT2D eigenvalue weighted by molar-refractivity contribution is 5.79. The molecule has 1 saturated carbocycles. The van der Waals surface area contributed by atoms with Gasteiger partial charge in [-0.2, -0.15) is 0 Å². The smallest absolute Gasteiger partial charge is 0.407 e. The average molecular weight is 479 g/mol. The second kappa shape index (κ2) is 11.4. The fourth-order valence-corrected chi connectivity index (χ4v) is 5.10. The molecule has 2 aromatic carbocycles. The first-order valence-corrected chi connectivity index (χ1v) is 12.5. The molecule has 186 valence electrons. The maximum atomic E-state index is 12.7. The van der Waals surface area contributed by atoms with E-state index in [0.717, 1.165) is 30.4 Å². The highest BCUT2D eigenvalue weighted by Crippen LogP contribution is 2.44. The zero-order valence-corrected chi connectivity index (χ0v) is 20.2. The van der Waals surface area contributed by atoms with Crippen LogP contribution < -0.4 is 10.6 Å². The number of rotatable bonds is 11. The quantitative estimate of drug-likeness (QED) is 0.434. The molecule has 7 heteroatoms. The van der Waals surface area contributed by atoms with E-state index in [2.05, 4.69) is 34.9 Å². The number of fused-ring (bicyclic) bond motifs is 3. The van der Waals surface area contributed by atoms with Crippen molar-refractivity contribution in [3.63, 3.8) is 0 Å². The number of benzene rings is 2. The minimum absolute atomic E-state index is 0.00539. The van der Waals surface area contributed by atoms with Gasteiger partial charge in [0.2, 0.25) is 5.91 Å². The summed E-state index contributed by atoms with van der Waals surface area (Å²) in [5.74, 6) is -0.711. The Morgan fingerprint density at radius 1 is 1.00 bits per heavy atom. The van der Waals surface area contributed by atoms with Gasteiger partial charge < -0.3 is 20.5 Å². The van der Waals surface area contributed by atoms with E-state index < -0.39 is 12.1 Å². The summed E-state index contributed by atoms with van der Waals surface area (Å²) in [6.07, 6.45) is 3.46. The number of alkyl carbamates (subject to hydrolysis) is 1. The summed E-state index contributed by atoms with van der Waals surface area (Å²) in [5.41, 5.74) is 4.68. The first kappa shape index (κ1) is 24.8. The summed E-state index contributed by atoms with van der Waals surface area (Å²) in [7, 11) is 0. The van der Waals surface area contributed by atoms with Crippen molar-refractivity contribution in [2.45, 2.75) is 57.4 Å². The van der Waals surface area contributed by atoms with E-state index in [-0.39, 0.29) is 49.2 Å². The molecule has 7 nitrogen and oxygen atoms in total. The second-order valence-corrected chi connectivity index (χ2v) is 9.81. The highest BCUT2D eigenvalue weighted by Gasteiger charge is 2.32. The molecule has 2 atom stereocenters.